The molecule has 0 saturated carbocycles. The quantitative estimate of drug-likeness (QED) is 0.562. The van der Waals surface area contributed by atoms with E-state index in [0.717, 1.165) is 0 Å². The zero-order valence-electron chi connectivity index (χ0n) is 12.3. The molecular weight excluding hydrogens is 311 g/mol. The lowest BCUT2D eigenvalue weighted by Crippen LogP contribution is -1.96. The van der Waals surface area contributed by atoms with Crippen molar-refractivity contribution in [2.75, 3.05) is 5.73 Å². The molecular formula is C16H11FN6O. The number of halogens is 1. The third-order valence-electron chi connectivity index (χ3n) is 3.44. The molecule has 4 aromatic rings. The van der Waals surface area contributed by atoms with Crippen LogP contribution >= 0.6 is 0 Å². The predicted molar refractivity (Wildman–Crippen MR) is 85.8 cm³/mol. The molecule has 24 heavy (non-hydrogen) atoms. The van der Waals surface area contributed by atoms with Gasteiger partial charge in [0.1, 0.15) is 17.9 Å². The fraction of sp³-hybridized carbons (Fsp3) is 0. The van der Waals surface area contributed by atoms with Gasteiger partial charge in [0.15, 0.2) is 5.65 Å². The molecule has 0 unspecified atom stereocenters. The van der Waals surface area contributed by atoms with Gasteiger partial charge in [-0.05, 0) is 18.2 Å². The Morgan fingerprint density at radius 2 is 1.88 bits per heavy atom. The summed E-state index contributed by atoms with van der Waals surface area (Å²) in [6, 6.07) is 12.1. The fourth-order valence-corrected chi connectivity index (χ4v) is 2.34. The normalized spacial score (nSPS) is 10.9. The van der Waals surface area contributed by atoms with Crippen LogP contribution in [0, 0.1) is 5.95 Å². The molecule has 0 spiro atoms. The number of anilines is 1. The number of rotatable bonds is 3. The van der Waals surface area contributed by atoms with Crippen molar-refractivity contribution in [3.63, 3.8) is 0 Å². The molecule has 0 aliphatic heterocycles. The second-order valence-corrected chi connectivity index (χ2v) is 4.96. The first kappa shape index (κ1) is 14.1. The third-order valence-corrected chi connectivity index (χ3v) is 3.44. The zero-order valence-corrected chi connectivity index (χ0v) is 12.3. The Morgan fingerprint density at radius 3 is 2.67 bits per heavy atom. The van der Waals surface area contributed by atoms with Crippen LogP contribution in [0.2, 0.25) is 0 Å². The van der Waals surface area contributed by atoms with E-state index >= 15 is 0 Å². The number of nitrogens with zero attached hydrogens (tertiary/aromatic N) is 4. The van der Waals surface area contributed by atoms with E-state index in [2.05, 4.69) is 25.1 Å². The predicted octanol–water partition coefficient (Wildman–Crippen LogP) is 2.93. The van der Waals surface area contributed by atoms with Crippen LogP contribution in [0.15, 0.2) is 48.8 Å². The molecule has 1 aromatic carbocycles. The number of hydrogen-bond acceptors (Lipinski definition) is 6. The molecule has 7 nitrogen and oxygen atoms in total. The van der Waals surface area contributed by atoms with Gasteiger partial charge in [-0.15, -0.1) is 0 Å². The van der Waals surface area contributed by atoms with Crippen LogP contribution in [0.1, 0.15) is 0 Å². The number of aromatic amines is 1. The van der Waals surface area contributed by atoms with Crippen molar-refractivity contribution in [1.29, 1.82) is 0 Å². The molecule has 0 amide bonds. The molecule has 0 radical (unpaired) electrons. The summed E-state index contributed by atoms with van der Waals surface area (Å²) in [5.74, 6) is 0.224. The molecule has 0 aliphatic carbocycles. The minimum Gasteiger partial charge on any atom is -0.439 e. The lowest BCUT2D eigenvalue weighted by Gasteiger charge is -2.06. The van der Waals surface area contributed by atoms with E-state index in [-0.39, 0.29) is 17.3 Å². The van der Waals surface area contributed by atoms with Gasteiger partial charge in [-0.3, -0.25) is 5.10 Å². The Kier molecular flexibility index (Phi) is 3.27. The summed E-state index contributed by atoms with van der Waals surface area (Å²) in [5.41, 5.74) is 6.79. The molecule has 3 heterocycles. The van der Waals surface area contributed by atoms with Gasteiger partial charge in [-0.2, -0.15) is 14.5 Å². The van der Waals surface area contributed by atoms with E-state index in [0.29, 0.717) is 22.5 Å². The molecule has 0 aliphatic rings. The number of nitrogens with two attached hydrogens (primary N) is 1. The van der Waals surface area contributed by atoms with Gasteiger partial charge in [0.05, 0.1) is 16.6 Å². The Bertz CT molecular complexity index is 1020. The average molecular weight is 322 g/mol. The van der Waals surface area contributed by atoms with Crippen molar-refractivity contribution in [3.8, 4) is 22.9 Å². The lowest BCUT2D eigenvalue weighted by molar-refractivity contribution is 0.446. The summed E-state index contributed by atoms with van der Waals surface area (Å²) in [6.07, 6.45) is 1.30. The van der Waals surface area contributed by atoms with E-state index in [1.54, 1.807) is 24.3 Å². The van der Waals surface area contributed by atoms with Gasteiger partial charge in [-0.25, -0.2) is 9.97 Å². The molecule has 0 fully saturated rings. The van der Waals surface area contributed by atoms with E-state index in [9.17, 15) is 4.39 Å². The molecule has 8 heteroatoms. The van der Waals surface area contributed by atoms with Crippen LogP contribution in [-0.2, 0) is 0 Å². The maximum Gasteiger partial charge on any atom is 0.225 e. The summed E-state index contributed by atoms with van der Waals surface area (Å²) in [7, 11) is 0. The van der Waals surface area contributed by atoms with Crippen molar-refractivity contribution in [2.24, 2.45) is 0 Å². The molecule has 118 valence electrons. The topological polar surface area (TPSA) is 103 Å². The van der Waals surface area contributed by atoms with Crippen molar-refractivity contribution >= 4 is 16.9 Å². The van der Waals surface area contributed by atoms with Crippen molar-refractivity contribution in [3.05, 3.63) is 54.7 Å². The Hall–Kier alpha value is -3.55. The summed E-state index contributed by atoms with van der Waals surface area (Å²) < 4.78 is 20.0. The second kappa shape index (κ2) is 5.58. The van der Waals surface area contributed by atoms with Gasteiger partial charge in [-0.1, -0.05) is 18.2 Å². The van der Waals surface area contributed by atoms with Gasteiger partial charge < -0.3 is 10.5 Å². The smallest absolute Gasteiger partial charge is 0.225 e. The number of pyridine rings is 1. The molecule has 3 aromatic heterocycles. The van der Waals surface area contributed by atoms with E-state index in [1.807, 2.05) is 18.2 Å². The monoisotopic (exact) mass is 322 g/mol. The standard InChI is InChI=1S/C16H11FN6O/c17-14-10(13-12-15(18)19-8-20-16(12)23-22-13)6-7-11(21-14)24-9-4-2-1-3-5-9/h1-8H,(H3,18,19,20,22,23). The highest BCUT2D eigenvalue weighted by molar-refractivity contribution is 5.97. The number of nitrogens with one attached hydrogen (secondary N) is 1. The van der Waals surface area contributed by atoms with Crippen LogP contribution in [0.3, 0.4) is 0 Å². The number of aromatic nitrogens is 5. The average Bonchev–Trinajstić information content (AvgIpc) is 3.01. The van der Waals surface area contributed by atoms with E-state index in [1.165, 1.54) is 6.33 Å². The lowest BCUT2D eigenvalue weighted by atomic mass is 10.1. The largest absolute Gasteiger partial charge is 0.439 e. The SMILES string of the molecule is Nc1ncnc2n[nH]c(-c3ccc(Oc4ccccc4)nc3F)c12. The van der Waals surface area contributed by atoms with Crippen LogP contribution in [0.4, 0.5) is 10.2 Å². The van der Waals surface area contributed by atoms with Gasteiger partial charge in [0.2, 0.25) is 11.8 Å². The maximum atomic E-state index is 14.5. The molecule has 0 atom stereocenters. The number of H-pyrrole nitrogens is 1. The first-order chi connectivity index (χ1) is 11.7. The Morgan fingerprint density at radius 1 is 1.04 bits per heavy atom. The highest BCUT2D eigenvalue weighted by Crippen LogP contribution is 2.31. The van der Waals surface area contributed by atoms with Gasteiger partial charge in [0, 0.05) is 6.07 Å². The highest BCUT2D eigenvalue weighted by atomic mass is 19.1. The first-order valence-corrected chi connectivity index (χ1v) is 7.07. The summed E-state index contributed by atoms with van der Waals surface area (Å²) in [5, 5.41) is 7.19. The van der Waals surface area contributed by atoms with E-state index in [4.69, 9.17) is 10.5 Å². The number of nitrogen functional groups attached to an aromatic ring is 1. The minimum absolute atomic E-state index is 0.149. The number of ether oxygens (including phenoxy) is 1. The van der Waals surface area contributed by atoms with Crippen LogP contribution in [0.5, 0.6) is 11.6 Å². The van der Waals surface area contributed by atoms with E-state index < -0.39 is 5.95 Å². The van der Waals surface area contributed by atoms with Gasteiger partial charge in [0.25, 0.3) is 0 Å². The van der Waals surface area contributed by atoms with Crippen LogP contribution in [-0.4, -0.2) is 25.1 Å². The van der Waals surface area contributed by atoms with Crippen molar-refractivity contribution in [2.45, 2.75) is 0 Å². The zero-order chi connectivity index (χ0) is 16.5. The summed E-state index contributed by atoms with van der Waals surface area (Å²) >= 11 is 0. The molecule has 3 N–H and O–H groups in total. The number of fused-ring (bicyclic) bond motifs is 1. The van der Waals surface area contributed by atoms with Gasteiger partial charge >= 0.3 is 0 Å². The number of para-hydroxylation sites is 1. The van der Waals surface area contributed by atoms with Crippen LogP contribution < -0.4 is 10.5 Å². The number of benzene rings is 1. The highest BCUT2D eigenvalue weighted by Gasteiger charge is 2.17. The van der Waals surface area contributed by atoms with Crippen molar-refractivity contribution in [1.82, 2.24) is 25.1 Å². The first-order valence-electron chi connectivity index (χ1n) is 7.07. The second-order valence-electron chi connectivity index (χ2n) is 4.96. The van der Waals surface area contributed by atoms with Crippen LogP contribution in [0.25, 0.3) is 22.3 Å². The van der Waals surface area contributed by atoms with Crippen molar-refractivity contribution < 1.29 is 9.13 Å². The maximum absolute atomic E-state index is 14.5. The Balaban J connectivity index is 1.74. The fourth-order valence-electron chi connectivity index (χ4n) is 2.34. The number of hydrogen-bond donors (Lipinski definition) is 2. The molecule has 0 bridgehead atoms. The molecule has 4 rings (SSSR count). The summed E-state index contributed by atoms with van der Waals surface area (Å²) in [6.45, 7) is 0. The minimum atomic E-state index is -0.711. The molecule has 0 saturated heterocycles. The summed E-state index contributed by atoms with van der Waals surface area (Å²) in [4.78, 5) is 11.7. The third kappa shape index (κ3) is 2.39. The Labute approximate surface area is 135 Å².